The standard InChI is InChI=1S/C12H15N5O/c18-12(11-4-6-13-15-11)16-7-1-3-10(9-16)17-8-2-5-14-17/h2,4-6,8,10H,1,3,7,9H2,(H,13,15). The third-order valence-electron chi connectivity index (χ3n) is 3.31. The molecular formula is C12H15N5O. The lowest BCUT2D eigenvalue weighted by atomic mass is 10.1. The van der Waals surface area contributed by atoms with Crippen molar-refractivity contribution in [3.63, 3.8) is 0 Å². The molecule has 1 aliphatic rings. The van der Waals surface area contributed by atoms with Gasteiger partial charge in [-0.1, -0.05) is 0 Å². The Morgan fingerprint density at radius 1 is 1.44 bits per heavy atom. The number of likely N-dealkylation sites (tertiary alicyclic amines) is 1. The number of rotatable bonds is 2. The molecular weight excluding hydrogens is 230 g/mol. The number of carbonyl (C=O) groups excluding carboxylic acids is 1. The number of hydrogen-bond acceptors (Lipinski definition) is 3. The maximum Gasteiger partial charge on any atom is 0.271 e. The van der Waals surface area contributed by atoms with Gasteiger partial charge in [-0.05, 0) is 25.0 Å². The Hall–Kier alpha value is -2.11. The zero-order valence-electron chi connectivity index (χ0n) is 9.99. The second-order valence-corrected chi connectivity index (χ2v) is 4.50. The summed E-state index contributed by atoms with van der Waals surface area (Å²) in [6.45, 7) is 1.51. The Balaban J connectivity index is 1.73. The van der Waals surface area contributed by atoms with Crippen LogP contribution in [0.15, 0.2) is 30.7 Å². The fraction of sp³-hybridized carbons (Fsp3) is 0.417. The van der Waals surface area contributed by atoms with E-state index in [1.165, 1.54) is 0 Å². The monoisotopic (exact) mass is 245 g/mol. The molecule has 6 nitrogen and oxygen atoms in total. The lowest BCUT2D eigenvalue weighted by molar-refractivity contribution is 0.0667. The molecule has 1 saturated heterocycles. The highest BCUT2D eigenvalue weighted by atomic mass is 16.2. The molecule has 0 radical (unpaired) electrons. The van der Waals surface area contributed by atoms with Crippen LogP contribution in [-0.4, -0.2) is 43.9 Å². The molecule has 2 aromatic heterocycles. The van der Waals surface area contributed by atoms with Gasteiger partial charge in [-0.2, -0.15) is 10.2 Å². The van der Waals surface area contributed by atoms with Crippen LogP contribution in [0, 0.1) is 0 Å². The smallest absolute Gasteiger partial charge is 0.271 e. The fourth-order valence-corrected chi connectivity index (χ4v) is 2.40. The van der Waals surface area contributed by atoms with E-state index >= 15 is 0 Å². The number of nitrogens with one attached hydrogen (secondary N) is 1. The van der Waals surface area contributed by atoms with Crippen LogP contribution in [0.5, 0.6) is 0 Å². The number of piperidine rings is 1. The highest BCUT2D eigenvalue weighted by Gasteiger charge is 2.26. The predicted octanol–water partition coefficient (Wildman–Crippen LogP) is 1.08. The van der Waals surface area contributed by atoms with Crippen molar-refractivity contribution < 1.29 is 4.79 Å². The molecule has 18 heavy (non-hydrogen) atoms. The van der Waals surface area contributed by atoms with E-state index in [1.54, 1.807) is 18.5 Å². The minimum atomic E-state index is 0.0179. The van der Waals surface area contributed by atoms with E-state index in [1.807, 2.05) is 21.8 Å². The number of aromatic nitrogens is 4. The van der Waals surface area contributed by atoms with E-state index in [9.17, 15) is 4.79 Å². The maximum atomic E-state index is 12.2. The van der Waals surface area contributed by atoms with Gasteiger partial charge in [0.25, 0.3) is 5.91 Å². The molecule has 3 heterocycles. The molecule has 0 saturated carbocycles. The molecule has 1 fully saturated rings. The summed E-state index contributed by atoms with van der Waals surface area (Å²) in [5, 5.41) is 10.8. The van der Waals surface area contributed by atoms with Gasteiger partial charge in [0.05, 0.1) is 6.04 Å². The molecule has 6 heteroatoms. The molecule has 1 atom stereocenters. The summed E-state index contributed by atoms with van der Waals surface area (Å²) in [5.41, 5.74) is 0.552. The normalized spacial score (nSPS) is 20.0. The average molecular weight is 245 g/mol. The van der Waals surface area contributed by atoms with Crippen molar-refractivity contribution in [1.29, 1.82) is 0 Å². The van der Waals surface area contributed by atoms with Gasteiger partial charge in [-0.25, -0.2) is 0 Å². The second-order valence-electron chi connectivity index (χ2n) is 4.50. The zero-order valence-corrected chi connectivity index (χ0v) is 9.99. The van der Waals surface area contributed by atoms with Gasteiger partial charge in [-0.15, -0.1) is 0 Å². The molecule has 0 aromatic carbocycles. The summed E-state index contributed by atoms with van der Waals surface area (Å²) < 4.78 is 1.94. The van der Waals surface area contributed by atoms with Crippen LogP contribution in [0.4, 0.5) is 0 Å². The Bertz CT molecular complexity index is 505. The first-order valence-corrected chi connectivity index (χ1v) is 6.12. The first kappa shape index (κ1) is 11.0. The first-order chi connectivity index (χ1) is 8.84. The van der Waals surface area contributed by atoms with E-state index in [0.29, 0.717) is 12.2 Å². The molecule has 0 aliphatic carbocycles. The summed E-state index contributed by atoms with van der Waals surface area (Å²) in [5.74, 6) is 0.0179. The van der Waals surface area contributed by atoms with Gasteiger partial charge < -0.3 is 4.90 Å². The lowest BCUT2D eigenvalue weighted by Crippen LogP contribution is -2.41. The fourth-order valence-electron chi connectivity index (χ4n) is 2.40. The summed E-state index contributed by atoms with van der Waals surface area (Å²) in [7, 11) is 0. The molecule has 94 valence electrons. The van der Waals surface area contributed by atoms with Crippen molar-refractivity contribution in [2.24, 2.45) is 0 Å². The number of hydrogen-bond donors (Lipinski definition) is 1. The van der Waals surface area contributed by atoms with Crippen molar-refractivity contribution in [2.75, 3.05) is 13.1 Å². The average Bonchev–Trinajstić information content (AvgIpc) is 3.11. The van der Waals surface area contributed by atoms with Gasteiger partial charge in [0.2, 0.25) is 0 Å². The highest BCUT2D eigenvalue weighted by molar-refractivity contribution is 5.92. The topological polar surface area (TPSA) is 66.8 Å². The zero-order chi connectivity index (χ0) is 12.4. The molecule has 1 aliphatic heterocycles. The molecule has 1 N–H and O–H groups in total. The Kier molecular flexibility index (Phi) is 2.84. The Labute approximate surface area is 105 Å². The maximum absolute atomic E-state index is 12.2. The first-order valence-electron chi connectivity index (χ1n) is 6.12. The van der Waals surface area contributed by atoms with Crippen LogP contribution in [0.3, 0.4) is 0 Å². The van der Waals surface area contributed by atoms with Crippen molar-refractivity contribution >= 4 is 5.91 Å². The second kappa shape index (κ2) is 4.64. The third kappa shape index (κ3) is 2.01. The SMILES string of the molecule is O=C(c1ccn[nH]1)N1CCCC(n2cccn2)C1. The summed E-state index contributed by atoms with van der Waals surface area (Å²) in [6, 6.07) is 3.90. The molecule has 0 bridgehead atoms. The Morgan fingerprint density at radius 2 is 2.39 bits per heavy atom. The van der Waals surface area contributed by atoms with Crippen LogP contribution in [0.2, 0.25) is 0 Å². The van der Waals surface area contributed by atoms with E-state index < -0.39 is 0 Å². The van der Waals surface area contributed by atoms with E-state index in [4.69, 9.17) is 0 Å². The number of carbonyl (C=O) groups is 1. The van der Waals surface area contributed by atoms with E-state index in [-0.39, 0.29) is 11.9 Å². The number of amides is 1. The minimum absolute atomic E-state index is 0.0179. The number of nitrogens with zero attached hydrogens (tertiary/aromatic N) is 4. The van der Waals surface area contributed by atoms with Gasteiger partial charge >= 0.3 is 0 Å². The van der Waals surface area contributed by atoms with Gasteiger partial charge in [0, 0.05) is 31.7 Å². The van der Waals surface area contributed by atoms with E-state index in [2.05, 4.69) is 15.3 Å². The Morgan fingerprint density at radius 3 is 3.11 bits per heavy atom. The summed E-state index contributed by atoms with van der Waals surface area (Å²) in [4.78, 5) is 14.1. The molecule has 3 rings (SSSR count). The molecule has 0 spiro atoms. The van der Waals surface area contributed by atoms with Crippen LogP contribution in [-0.2, 0) is 0 Å². The van der Waals surface area contributed by atoms with Gasteiger partial charge in [0.1, 0.15) is 5.69 Å². The summed E-state index contributed by atoms with van der Waals surface area (Å²) >= 11 is 0. The number of H-pyrrole nitrogens is 1. The highest BCUT2D eigenvalue weighted by Crippen LogP contribution is 2.21. The van der Waals surface area contributed by atoms with Crippen molar-refractivity contribution in [1.82, 2.24) is 24.9 Å². The lowest BCUT2D eigenvalue weighted by Gasteiger charge is -2.32. The van der Waals surface area contributed by atoms with Crippen LogP contribution < -0.4 is 0 Å². The molecule has 1 amide bonds. The van der Waals surface area contributed by atoms with E-state index in [0.717, 1.165) is 19.4 Å². The number of aromatic amines is 1. The van der Waals surface area contributed by atoms with Crippen molar-refractivity contribution in [3.05, 3.63) is 36.4 Å². The van der Waals surface area contributed by atoms with Crippen LogP contribution in [0.1, 0.15) is 29.4 Å². The van der Waals surface area contributed by atoms with Crippen molar-refractivity contribution in [2.45, 2.75) is 18.9 Å². The third-order valence-corrected chi connectivity index (χ3v) is 3.31. The largest absolute Gasteiger partial charge is 0.335 e. The summed E-state index contributed by atoms with van der Waals surface area (Å²) in [6.07, 6.45) is 7.39. The minimum Gasteiger partial charge on any atom is -0.335 e. The molecule has 2 aromatic rings. The quantitative estimate of drug-likeness (QED) is 0.861. The van der Waals surface area contributed by atoms with Crippen molar-refractivity contribution in [3.8, 4) is 0 Å². The van der Waals surface area contributed by atoms with Gasteiger partial charge in [0.15, 0.2) is 0 Å². The predicted molar refractivity (Wildman–Crippen MR) is 65.0 cm³/mol. The van der Waals surface area contributed by atoms with Crippen LogP contribution in [0.25, 0.3) is 0 Å². The van der Waals surface area contributed by atoms with Crippen LogP contribution >= 0.6 is 0 Å². The molecule has 1 unspecified atom stereocenters. The van der Waals surface area contributed by atoms with Gasteiger partial charge in [-0.3, -0.25) is 14.6 Å².